The number of ether oxygens (including phenoxy) is 1. The summed E-state index contributed by atoms with van der Waals surface area (Å²) < 4.78 is 7.12. The van der Waals surface area contributed by atoms with Gasteiger partial charge in [0.25, 0.3) is 0 Å². The van der Waals surface area contributed by atoms with E-state index in [2.05, 4.69) is 47.1 Å². The molecule has 0 aromatic heterocycles. The molecule has 2 saturated carbocycles. The Hall–Kier alpha value is -0.500. The molecule has 2 fully saturated rings. The third-order valence-corrected chi connectivity index (χ3v) is 6.97. The Bertz CT molecular complexity index is 467. The molecule has 0 unspecified atom stereocenters. The second-order valence-corrected chi connectivity index (χ2v) is 9.03. The molecular weight excluding hydrogens is 360 g/mol. The molecule has 0 heterocycles. The number of rotatable bonds is 6. The van der Waals surface area contributed by atoms with Gasteiger partial charge < -0.3 is 4.74 Å². The quantitative estimate of drug-likeness (QED) is 0.495. The smallest absolute Gasteiger partial charge is 0.119 e. The number of benzene rings is 1. The first-order chi connectivity index (χ1) is 11.7. The zero-order valence-electron chi connectivity index (χ0n) is 15.2. The molecule has 0 amide bonds. The molecule has 2 aliphatic rings. The van der Waals surface area contributed by atoms with E-state index in [9.17, 15) is 0 Å². The van der Waals surface area contributed by atoms with Gasteiger partial charge in [-0.2, -0.15) is 0 Å². The number of hydrogen-bond acceptors (Lipinski definition) is 1. The van der Waals surface area contributed by atoms with E-state index in [1.54, 1.807) is 0 Å². The van der Waals surface area contributed by atoms with Gasteiger partial charge >= 0.3 is 0 Å². The molecule has 0 saturated heterocycles. The largest absolute Gasteiger partial charge is 0.493 e. The van der Waals surface area contributed by atoms with Crippen molar-refractivity contribution in [2.24, 2.45) is 23.7 Å². The lowest BCUT2D eigenvalue weighted by Gasteiger charge is -2.37. The molecule has 1 nitrogen and oxygen atoms in total. The maximum Gasteiger partial charge on any atom is 0.119 e. The topological polar surface area (TPSA) is 9.23 Å². The lowest BCUT2D eigenvalue weighted by molar-refractivity contribution is 0.122. The van der Waals surface area contributed by atoms with Crippen molar-refractivity contribution >= 4 is 15.9 Å². The molecule has 0 atom stereocenters. The SMILES string of the molecule is CCCC1CCC(C2CCC(COc3ccc(Br)cc3)CC2)CC1. The molecule has 0 bridgehead atoms. The van der Waals surface area contributed by atoms with Crippen LogP contribution in [-0.4, -0.2) is 6.61 Å². The average Bonchev–Trinajstić information content (AvgIpc) is 2.63. The molecule has 1 aromatic rings. The van der Waals surface area contributed by atoms with Crippen LogP contribution in [0.2, 0.25) is 0 Å². The summed E-state index contributed by atoms with van der Waals surface area (Å²) in [6.07, 6.45) is 14.5. The first kappa shape index (κ1) is 18.3. The van der Waals surface area contributed by atoms with Crippen molar-refractivity contribution < 1.29 is 4.74 Å². The summed E-state index contributed by atoms with van der Waals surface area (Å²) in [7, 11) is 0. The molecule has 24 heavy (non-hydrogen) atoms. The van der Waals surface area contributed by atoms with Crippen LogP contribution < -0.4 is 4.74 Å². The van der Waals surface area contributed by atoms with Gasteiger partial charge in [-0.05, 0) is 86.5 Å². The van der Waals surface area contributed by atoms with Gasteiger partial charge in [0.05, 0.1) is 6.61 Å². The monoisotopic (exact) mass is 392 g/mol. The fourth-order valence-electron chi connectivity index (χ4n) is 4.93. The average molecular weight is 393 g/mol. The predicted octanol–water partition coefficient (Wildman–Crippen LogP) is 7.24. The molecule has 0 aliphatic heterocycles. The standard InChI is InChI=1S/C22H33BrO/c1-2-3-17-4-8-19(9-5-17)20-10-6-18(7-11-20)16-24-22-14-12-21(23)13-15-22/h12-15,17-20H,2-11,16H2,1H3. The van der Waals surface area contributed by atoms with Gasteiger partial charge in [0.2, 0.25) is 0 Å². The van der Waals surface area contributed by atoms with Gasteiger partial charge in [0.15, 0.2) is 0 Å². The number of hydrogen-bond donors (Lipinski definition) is 0. The Kier molecular flexibility index (Phi) is 7.06. The Morgan fingerprint density at radius 1 is 0.833 bits per heavy atom. The highest BCUT2D eigenvalue weighted by Crippen LogP contribution is 2.42. The maximum atomic E-state index is 6.00. The van der Waals surface area contributed by atoms with E-state index < -0.39 is 0 Å². The summed E-state index contributed by atoms with van der Waals surface area (Å²) in [6.45, 7) is 3.24. The Morgan fingerprint density at radius 2 is 1.38 bits per heavy atom. The summed E-state index contributed by atoms with van der Waals surface area (Å²) in [4.78, 5) is 0. The van der Waals surface area contributed by atoms with Gasteiger partial charge in [-0.1, -0.05) is 48.5 Å². The van der Waals surface area contributed by atoms with Crippen LogP contribution >= 0.6 is 15.9 Å². The first-order valence-corrected chi connectivity index (χ1v) is 10.9. The van der Waals surface area contributed by atoms with E-state index in [0.29, 0.717) is 0 Å². The van der Waals surface area contributed by atoms with Crippen LogP contribution in [0.4, 0.5) is 0 Å². The van der Waals surface area contributed by atoms with Crippen molar-refractivity contribution in [1.82, 2.24) is 0 Å². The molecule has 134 valence electrons. The van der Waals surface area contributed by atoms with E-state index in [0.717, 1.165) is 40.5 Å². The predicted molar refractivity (Wildman–Crippen MR) is 105 cm³/mol. The van der Waals surface area contributed by atoms with Crippen molar-refractivity contribution in [3.8, 4) is 5.75 Å². The van der Waals surface area contributed by atoms with Crippen molar-refractivity contribution in [3.63, 3.8) is 0 Å². The third kappa shape index (κ3) is 5.25. The van der Waals surface area contributed by atoms with Crippen molar-refractivity contribution in [1.29, 1.82) is 0 Å². The molecule has 3 rings (SSSR count). The van der Waals surface area contributed by atoms with Crippen LogP contribution in [-0.2, 0) is 0 Å². The van der Waals surface area contributed by atoms with Gasteiger partial charge in [-0.25, -0.2) is 0 Å². The lowest BCUT2D eigenvalue weighted by Crippen LogP contribution is -2.27. The minimum atomic E-state index is 0.765. The minimum Gasteiger partial charge on any atom is -0.493 e. The van der Waals surface area contributed by atoms with Crippen LogP contribution in [0, 0.1) is 23.7 Å². The van der Waals surface area contributed by atoms with Crippen LogP contribution in [0.25, 0.3) is 0 Å². The van der Waals surface area contributed by atoms with E-state index in [4.69, 9.17) is 4.74 Å². The fourth-order valence-corrected chi connectivity index (χ4v) is 5.19. The van der Waals surface area contributed by atoms with Gasteiger partial charge in [0, 0.05) is 4.47 Å². The van der Waals surface area contributed by atoms with E-state index in [1.807, 2.05) is 0 Å². The van der Waals surface area contributed by atoms with Crippen LogP contribution in [0.1, 0.15) is 71.1 Å². The Labute approximate surface area is 156 Å². The molecule has 2 aliphatic carbocycles. The fraction of sp³-hybridized carbons (Fsp3) is 0.727. The number of halogens is 1. The summed E-state index contributed by atoms with van der Waals surface area (Å²) in [6, 6.07) is 8.23. The summed E-state index contributed by atoms with van der Waals surface area (Å²) >= 11 is 3.47. The molecule has 0 radical (unpaired) electrons. The highest BCUT2D eigenvalue weighted by atomic mass is 79.9. The van der Waals surface area contributed by atoms with Crippen LogP contribution in [0.15, 0.2) is 28.7 Å². The Morgan fingerprint density at radius 3 is 1.92 bits per heavy atom. The Balaban J connectivity index is 1.36. The first-order valence-electron chi connectivity index (χ1n) is 10.1. The zero-order chi connectivity index (χ0) is 16.8. The van der Waals surface area contributed by atoms with Gasteiger partial charge in [0.1, 0.15) is 5.75 Å². The second kappa shape index (κ2) is 9.27. The van der Waals surface area contributed by atoms with Crippen molar-refractivity contribution in [3.05, 3.63) is 28.7 Å². The summed E-state index contributed by atoms with van der Waals surface area (Å²) in [5.74, 6) is 4.86. The molecule has 1 aromatic carbocycles. The van der Waals surface area contributed by atoms with E-state index >= 15 is 0 Å². The summed E-state index contributed by atoms with van der Waals surface area (Å²) in [5, 5.41) is 0. The summed E-state index contributed by atoms with van der Waals surface area (Å²) in [5.41, 5.74) is 0. The van der Waals surface area contributed by atoms with Gasteiger partial charge in [-0.15, -0.1) is 0 Å². The van der Waals surface area contributed by atoms with Crippen LogP contribution in [0.3, 0.4) is 0 Å². The molecule has 0 N–H and O–H groups in total. The van der Waals surface area contributed by atoms with Crippen molar-refractivity contribution in [2.75, 3.05) is 6.61 Å². The van der Waals surface area contributed by atoms with Crippen molar-refractivity contribution in [2.45, 2.75) is 71.1 Å². The maximum absolute atomic E-state index is 6.00. The van der Waals surface area contributed by atoms with E-state index in [-0.39, 0.29) is 0 Å². The van der Waals surface area contributed by atoms with Crippen LogP contribution in [0.5, 0.6) is 5.75 Å². The van der Waals surface area contributed by atoms with Gasteiger partial charge in [-0.3, -0.25) is 0 Å². The lowest BCUT2D eigenvalue weighted by atomic mass is 9.69. The highest BCUT2D eigenvalue weighted by Gasteiger charge is 2.30. The third-order valence-electron chi connectivity index (χ3n) is 6.45. The molecule has 2 heteroatoms. The molecule has 0 spiro atoms. The second-order valence-electron chi connectivity index (χ2n) is 8.12. The minimum absolute atomic E-state index is 0.765. The molecular formula is C22H33BrO. The zero-order valence-corrected chi connectivity index (χ0v) is 16.8. The van der Waals surface area contributed by atoms with E-state index in [1.165, 1.54) is 64.2 Å². The highest BCUT2D eigenvalue weighted by molar-refractivity contribution is 9.10. The normalized spacial score (nSPS) is 30.9.